The van der Waals surface area contributed by atoms with Crippen molar-refractivity contribution < 1.29 is 4.74 Å². The number of likely N-dealkylation sites (N-methyl/N-ethyl adjacent to an activating group) is 1. The van der Waals surface area contributed by atoms with Gasteiger partial charge in [0.15, 0.2) is 0 Å². The molecule has 0 saturated heterocycles. The van der Waals surface area contributed by atoms with Crippen molar-refractivity contribution in [1.29, 1.82) is 0 Å². The summed E-state index contributed by atoms with van der Waals surface area (Å²) in [6.07, 6.45) is 0. The van der Waals surface area contributed by atoms with Crippen molar-refractivity contribution in [2.45, 2.75) is 17.5 Å². The maximum Gasteiger partial charge on any atom is 0.209 e. The Labute approximate surface area is 126 Å². The molecule has 0 spiro atoms. The van der Waals surface area contributed by atoms with Gasteiger partial charge in [-0.15, -0.1) is 5.10 Å². The van der Waals surface area contributed by atoms with Crippen LogP contribution in [0.4, 0.5) is 0 Å². The smallest absolute Gasteiger partial charge is 0.209 e. The highest BCUT2D eigenvalue weighted by Crippen LogP contribution is 2.28. The van der Waals surface area contributed by atoms with E-state index >= 15 is 0 Å². The number of nitrogens with zero attached hydrogens (tertiary/aromatic N) is 4. The zero-order valence-electron chi connectivity index (χ0n) is 11.3. The second-order valence-corrected chi connectivity index (χ2v) is 5.41. The van der Waals surface area contributed by atoms with Crippen LogP contribution in [-0.2, 0) is 12.3 Å². The van der Waals surface area contributed by atoms with Crippen LogP contribution in [-0.4, -0.2) is 40.9 Å². The number of hydrogen-bond donors (Lipinski definition) is 1. The summed E-state index contributed by atoms with van der Waals surface area (Å²) in [6.45, 7) is 1.55. The van der Waals surface area contributed by atoms with Crippen LogP contribution < -0.4 is 10.1 Å². The van der Waals surface area contributed by atoms with Gasteiger partial charge in [0.1, 0.15) is 5.75 Å². The van der Waals surface area contributed by atoms with Crippen molar-refractivity contribution >= 4 is 23.4 Å². The van der Waals surface area contributed by atoms with Crippen LogP contribution in [0, 0.1) is 0 Å². The van der Waals surface area contributed by atoms with Gasteiger partial charge in [-0.2, -0.15) is 0 Å². The fourth-order valence-corrected chi connectivity index (χ4v) is 2.74. The molecule has 1 heterocycles. The average molecular weight is 314 g/mol. The lowest BCUT2D eigenvalue weighted by molar-refractivity contribution is 0.411. The molecule has 6 nitrogen and oxygen atoms in total. The van der Waals surface area contributed by atoms with Crippen LogP contribution in [0.1, 0.15) is 5.56 Å². The monoisotopic (exact) mass is 313 g/mol. The summed E-state index contributed by atoms with van der Waals surface area (Å²) < 4.78 is 7.10. The second kappa shape index (κ2) is 7.47. The molecule has 0 radical (unpaired) electrons. The fourth-order valence-electron chi connectivity index (χ4n) is 1.66. The lowest BCUT2D eigenvalue weighted by atomic mass is 10.2. The lowest BCUT2D eigenvalue weighted by Crippen LogP contribution is -2.16. The molecule has 0 fully saturated rings. The minimum absolute atomic E-state index is 0.691. The summed E-state index contributed by atoms with van der Waals surface area (Å²) in [5.74, 6) is 1.51. The number of ether oxygens (including phenoxy) is 1. The maximum absolute atomic E-state index is 6.02. The number of nitrogens with one attached hydrogen (secondary N) is 1. The van der Waals surface area contributed by atoms with Gasteiger partial charge in [-0.05, 0) is 35.7 Å². The number of tetrazole rings is 1. The SMILES string of the molecule is CNCCn1nnnc1SCc1cc(Cl)ccc1OC. The molecule has 20 heavy (non-hydrogen) atoms. The second-order valence-electron chi connectivity index (χ2n) is 4.03. The Kier molecular flexibility index (Phi) is 5.63. The molecule has 1 aromatic carbocycles. The Morgan fingerprint density at radius 2 is 2.30 bits per heavy atom. The van der Waals surface area contributed by atoms with Gasteiger partial charge in [0, 0.05) is 22.9 Å². The molecular weight excluding hydrogens is 298 g/mol. The first kappa shape index (κ1) is 15.1. The van der Waals surface area contributed by atoms with Crippen LogP contribution in [0.15, 0.2) is 23.4 Å². The molecule has 0 unspecified atom stereocenters. The number of methoxy groups -OCH3 is 1. The van der Waals surface area contributed by atoms with Gasteiger partial charge in [0.05, 0.1) is 13.7 Å². The largest absolute Gasteiger partial charge is 0.496 e. The first-order chi connectivity index (χ1) is 9.74. The van der Waals surface area contributed by atoms with Gasteiger partial charge >= 0.3 is 0 Å². The molecule has 8 heteroatoms. The lowest BCUT2D eigenvalue weighted by Gasteiger charge is -2.08. The molecule has 1 aromatic heterocycles. The van der Waals surface area contributed by atoms with Crippen molar-refractivity contribution in [2.75, 3.05) is 20.7 Å². The normalized spacial score (nSPS) is 10.8. The number of halogens is 1. The summed E-state index contributed by atoms with van der Waals surface area (Å²) >= 11 is 7.57. The average Bonchev–Trinajstić information content (AvgIpc) is 2.90. The standard InChI is InChI=1S/C12H16ClN5OS/c1-14-5-6-18-12(15-16-17-18)20-8-9-7-10(13)3-4-11(9)19-2/h3-4,7,14H,5-6,8H2,1-2H3. The van der Waals surface area contributed by atoms with Crippen molar-refractivity contribution in [3.8, 4) is 5.75 Å². The highest BCUT2D eigenvalue weighted by molar-refractivity contribution is 7.98. The van der Waals surface area contributed by atoms with Crippen molar-refractivity contribution in [3.63, 3.8) is 0 Å². The van der Waals surface area contributed by atoms with Crippen LogP contribution in [0.3, 0.4) is 0 Å². The number of rotatable bonds is 7. The van der Waals surface area contributed by atoms with Crippen LogP contribution >= 0.6 is 23.4 Å². The molecule has 0 aliphatic heterocycles. The number of benzene rings is 1. The third kappa shape index (κ3) is 3.84. The summed E-state index contributed by atoms with van der Waals surface area (Å²) in [6, 6.07) is 5.57. The van der Waals surface area contributed by atoms with E-state index in [0.29, 0.717) is 10.8 Å². The Morgan fingerprint density at radius 1 is 1.45 bits per heavy atom. The van der Waals surface area contributed by atoms with Gasteiger partial charge in [-0.3, -0.25) is 0 Å². The van der Waals surface area contributed by atoms with Crippen LogP contribution in [0.5, 0.6) is 5.75 Å². The summed E-state index contributed by atoms with van der Waals surface area (Å²) in [4.78, 5) is 0. The van der Waals surface area contributed by atoms with E-state index in [9.17, 15) is 0 Å². The Balaban J connectivity index is 2.05. The molecule has 0 aliphatic carbocycles. The molecule has 2 rings (SSSR count). The van der Waals surface area contributed by atoms with E-state index in [1.807, 2.05) is 25.2 Å². The van der Waals surface area contributed by atoms with E-state index in [4.69, 9.17) is 16.3 Å². The first-order valence-electron chi connectivity index (χ1n) is 6.10. The topological polar surface area (TPSA) is 64.9 Å². The Morgan fingerprint density at radius 3 is 3.05 bits per heavy atom. The third-order valence-electron chi connectivity index (χ3n) is 2.67. The van der Waals surface area contributed by atoms with Crippen molar-refractivity contribution in [1.82, 2.24) is 25.5 Å². The molecule has 0 atom stereocenters. The summed E-state index contributed by atoms with van der Waals surface area (Å²) in [5.41, 5.74) is 1.02. The van der Waals surface area contributed by atoms with Gasteiger partial charge in [0.2, 0.25) is 5.16 Å². The van der Waals surface area contributed by atoms with E-state index in [1.54, 1.807) is 23.6 Å². The molecule has 0 aliphatic rings. The van der Waals surface area contributed by atoms with E-state index in [1.165, 1.54) is 0 Å². The van der Waals surface area contributed by atoms with Gasteiger partial charge < -0.3 is 10.1 Å². The molecule has 0 saturated carbocycles. The summed E-state index contributed by atoms with van der Waals surface area (Å²) in [5, 5.41) is 16.2. The molecule has 1 N–H and O–H groups in total. The quantitative estimate of drug-likeness (QED) is 0.787. The predicted octanol–water partition coefficient (Wildman–Crippen LogP) is 1.85. The Bertz CT molecular complexity index is 563. The molecule has 2 aromatic rings. The predicted molar refractivity (Wildman–Crippen MR) is 79.3 cm³/mol. The van der Waals surface area contributed by atoms with Gasteiger partial charge in [0.25, 0.3) is 0 Å². The van der Waals surface area contributed by atoms with Crippen molar-refractivity contribution in [3.05, 3.63) is 28.8 Å². The highest BCUT2D eigenvalue weighted by Gasteiger charge is 2.09. The van der Waals surface area contributed by atoms with Gasteiger partial charge in [-0.1, -0.05) is 23.4 Å². The van der Waals surface area contributed by atoms with E-state index in [0.717, 1.165) is 29.6 Å². The fraction of sp³-hybridized carbons (Fsp3) is 0.417. The third-order valence-corrected chi connectivity index (χ3v) is 3.91. The van der Waals surface area contributed by atoms with Crippen LogP contribution in [0.2, 0.25) is 5.02 Å². The van der Waals surface area contributed by atoms with Crippen LogP contribution in [0.25, 0.3) is 0 Å². The van der Waals surface area contributed by atoms with Gasteiger partial charge in [-0.25, -0.2) is 4.68 Å². The molecule has 0 amide bonds. The van der Waals surface area contributed by atoms with E-state index in [2.05, 4.69) is 20.8 Å². The van der Waals surface area contributed by atoms with E-state index in [-0.39, 0.29) is 0 Å². The molecule has 108 valence electrons. The number of thioether (sulfide) groups is 1. The first-order valence-corrected chi connectivity index (χ1v) is 7.47. The van der Waals surface area contributed by atoms with Crippen molar-refractivity contribution in [2.24, 2.45) is 0 Å². The van der Waals surface area contributed by atoms with E-state index < -0.39 is 0 Å². The number of hydrogen-bond acceptors (Lipinski definition) is 6. The Hall–Kier alpha value is -1.31. The molecule has 0 bridgehead atoms. The highest BCUT2D eigenvalue weighted by atomic mass is 35.5. The minimum Gasteiger partial charge on any atom is -0.496 e. The minimum atomic E-state index is 0.691. The maximum atomic E-state index is 6.02. The zero-order chi connectivity index (χ0) is 14.4. The zero-order valence-corrected chi connectivity index (χ0v) is 12.9. The number of aromatic nitrogens is 4. The summed E-state index contributed by atoms with van der Waals surface area (Å²) in [7, 11) is 3.54. The molecular formula is C12H16ClN5OS.